The van der Waals surface area contributed by atoms with Gasteiger partial charge in [-0.05, 0) is 17.7 Å². The minimum atomic E-state index is -2.97. The lowest BCUT2D eigenvalue weighted by Crippen LogP contribution is -1.93. The number of ether oxygens (including phenoxy) is 2. The standard InChI is InChI=1S/C9H13O6P/c1-13-7-3-6(5-15-16(11)12)4-8(14-2)9(7)10/h3-4,10,16H,5H2,1-2H3,(H,11,12). The molecule has 0 aliphatic heterocycles. The fraction of sp³-hybridized carbons (Fsp3) is 0.333. The summed E-state index contributed by atoms with van der Waals surface area (Å²) in [5.74, 6) is 0.316. The van der Waals surface area contributed by atoms with Gasteiger partial charge >= 0.3 is 8.25 Å². The molecule has 16 heavy (non-hydrogen) atoms. The molecule has 7 heteroatoms. The molecule has 0 fully saturated rings. The molecule has 0 aromatic heterocycles. The van der Waals surface area contributed by atoms with Gasteiger partial charge in [-0.2, -0.15) is 0 Å². The number of phenols is 1. The highest BCUT2D eigenvalue weighted by molar-refractivity contribution is 7.32. The predicted octanol–water partition coefficient (Wildman–Crippen LogP) is 1.31. The second-order valence-electron chi connectivity index (χ2n) is 2.90. The fourth-order valence-electron chi connectivity index (χ4n) is 1.18. The van der Waals surface area contributed by atoms with E-state index in [0.29, 0.717) is 5.56 Å². The van der Waals surface area contributed by atoms with Crippen molar-refractivity contribution in [3.8, 4) is 17.2 Å². The molecule has 0 aliphatic carbocycles. The Bertz CT molecular complexity index is 367. The highest BCUT2D eigenvalue weighted by atomic mass is 31.1. The van der Waals surface area contributed by atoms with Crippen molar-refractivity contribution in [2.75, 3.05) is 14.2 Å². The fourth-order valence-corrected chi connectivity index (χ4v) is 1.47. The summed E-state index contributed by atoms with van der Waals surface area (Å²) in [5, 5.41) is 9.60. The average molecular weight is 248 g/mol. The molecular weight excluding hydrogens is 235 g/mol. The molecule has 0 aliphatic rings. The van der Waals surface area contributed by atoms with Gasteiger partial charge in [0, 0.05) is 0 Å². The average Bonchev–Trinajstić information content (AvgIpc) is 2.27. The van der Waals surface area contributed by atoms with Crippen LogP contribution in [0.15, 0.2) is 12.1 Å². The van der Waals surface area contributed by atoms with Crippen LogP contribution in [0.3, 0.4) is 0 Å². The molecule has 0 saturated carbocycles. The minimum absolute atomic E-state index is 0.0543. The lowest BCUT2D eigenvalue weighted by atomic mass is 10.2. The summed E-state index contributed by atoms with van der Waals surface area (Å²) in [7, 11) is -0.181. The minimum Gasteiger partial charge on any atom is -0.502 e. The Morgan fingerprint density at radius 2 is 1.75 bits per heavy atom. The molecule has 0 bridgehead atoms. The molecule has 1 rings (SSSR count). The van der Waals surface area contributed by atoms with Gasteiger partial charge < -0.3 is 24.0 Å². The van der Waals surface area contributed by atoms with Crippen molar-refractivity contribution in [1.29, 1.82) is 0 Å². The van der Waals surface area contributed by atoms with Crippen LogP contribution in [-0.2, 0) is 15.7 Å². The topological polar surface area (TPSA) is 85.2 Å². The summed E-state index contributed by atoms with van der Waals surface area (Å²) in [5.41, 5.74) is 0.568. The summed E-state index contributed by atoms with van der Waals surface area (Å²) < 4.78 is 24.8. The van der Waals surface area contributed by atoms with Crippen molar-refractivity contribution in [3.05, 3.63) is 17.7 Å². The van der Waals surface area contributed by atoms with Crippen LogP contribution in [0.4, 0.5) is 0 Å². The summed E-state index contributed by atoms with van der Waals surface area (Å²) in [6, 6.07) is 3.01. The third-order valence-electron chi connectivity index (χ3n) is 1.90. The van der Waals surface area contributed by atoms with E-state index in [4.69, 9.17) is 14.4 Å². The smallest absolute Gasteiger partial charge is 0.316 e. The highest BCUT2D eigenvalue weighted by Crippen LogP contribution is 2.37. The largest absolute Gasteiger partial charge is 0.502 e. The van der Waals surface area contributed by atoms with E-state index < -0.39 is 8.25 Å². The Hall–Kier alpha value is -1.23. The van der Waals surface area contributed by atoms with E-state index in [1.54, 1.807) is 0 Å². The first-order chi connectivity index (χ1) is 7.58. The van der Waals surface area contributed by atoms with Crippen LogP contribution in [0.2, 0.25) is 0 Å². The molecule has 1 aromatic rings. The van der Waals surface area contributed by atoms with Gasteiger partial charge in [0.25, 0.3) is 0 Å². The third kappa shape index (κ3) is 3.13. The number of benzene rings is 1. The number of methoxy groups -OCH3 is 2. The monoisotopic (exact) mass is 248 g/mol. The van der Waals surface area contributed by atoms with E-state index in [9.17, 15) is 9.67 Å². The molecule has 0 saturated heterocycles. The van der Waals surface area contributed by atoms with Crippen molar-refractivity contribution >= 4 is 8.25 Å². The van der Waals surface area contributed by atoms with Crippen LogP contribution >= 0.6 is 8.25 Å². The second kappa shape index (κ2) is 5.75. The van der Waals surface area contributed by atoms with E-state index in [1.165, 1.54) is 26.4 Å². The van der Waals surface area contributed by atoms with Crippen molar-refractivity contribution in [1.82, 2.24) is 0 Å². The Labute approximate surface area is 93.3 Å². The zero-order chi connectivity index (χ0) is 12.1. The normalized spacial score (nSPS) is 12.2. The van der Waals surface area contributed by atoms with E-state index in [2.05, 4.69) is 4.52 Å². The van der Waals surface area contributed by atoms with Crippen molar-refractivity contribution < 1.29 is 28.6 Å². The summed E-state index contributed by atoms with van der Waals surface area (Å²) in [6.45, 7) is -0.0543. The molecule has 0 heterocycles. The number of phenolic OH excluding ortho intramolecular Hbond substituents is 1. The molecule has 0 amide bonds. The van der Waals surface area contributed by atoms with Crippen LogP contribution in [0.5, 0.6) is 17.2 Å². The van der Waals surface area contributed by atoms with Crippen molar-refractivity contribution in [2.24, 2.45) is 0 Å². The Kier molecular flexibility index (Phi) is 4.61. The number of hydrogen-bond donors (Lipinski definition) is 2. The van der Waals surface area contributed by atoms with Crippen molar-refractivity contribution in [3.63, 3.8) is 0 Å². The van der Waals surface area contributed by atoms with E-state index in [-0.39, 0.29) is 23.9 Å². The maximum atomic E-state index is 10.4. The number of aromatic hydroxyl groups is 1. The van der Waals surface area contributed by atoms with Gasteiger partial charge in [-0.1, -0.05) is 0 Å². The summed E-state index contributed by atoms with van der Waals surface area (Å²) in [6.07, 6.45) is 0. The summed E-state index contributed by atoms with van der Waals surface area (Å²) in [4.78, 5) is 8.53. The van der Waals surface area contributed by atoms with E-state index >= 15 is 0 Å². The van der Waals surface area contributed by atoms with Gasteiger partial charge in [0.05, 0.1) is 20.8 Å². The Balaban J connectivity index is 2.97. The molecule has 0 spiro atoms. The van der Waals surface area contributed by atoms with Gasteiger partial charge in [-0.15, -0.1) is 0 Å². The van der Waals surface area contributed by atoms with Gasteiger partial charge in [-0.25, -0.2) is 0 Å². The van der Waals surface area contributed by atoms with Crippen LogP contribution < -0.4 is 9.47 Å². The predicted molar refractivity (Wildman–Crippen MR) is 57.2 cm³/mol. The Morgan fingerprint density at radius 3 is 2.12 bits per heavy atom. The zero-order valence-corrected chi connectivity index (χ0v) is 9.89. The number of rotatable bonds is 5. The van der Waals surface area contributed by atoms with E-state index in [0.717, 1.165) is 0 Å². The Morgan fingerprint density at radius 1 is 1.25 bits per heavy atom. The van der Waals surface area contributed by atoms with Crippen LogP contribution in [0, 0.1) is 0 Å². The molecule has 1 aromatic carbocycles. The maximum absolute atomic E-state index is 10.4. The molecule has 0 radical (unpaired) electrons. The van der Waals surface area contributed by atoms with Gasteiger partial charge in [0.1, 0.15) is 0 Å². The highest BCUT2D eigenvalue weighted by Gasteiger charge is 2.11. The van der Waals surface area contributed by atoms with Gasteiger partial charge in [0.15, 0.2) is 11.5 Å². The van der Waals surface area contributed by atoms with Crippen LogP contribution in [-0.4, -0.2) is 24.2 Å². The second-order valence-corrected chi connectivity index (χ2v) is 3.72. The third-order valence-corrected chi connectivity index (χ3v) is 2.29. The quantitative estimate of drug-likeness (QED) is 0.764. The lowest BCUT2D eigenvalue weighted by Gasteiger charge is -2.10. The first kappa shape index (κ1) is 12.8. The maximum Gasteiger partial charge on any atom is 0.316 e. The molecule has 2 N–H and O–H groups in total. The van der Waals surface area contributed by atoms with E-state index in [1.807, 2.05) is 0 Å². The molecule has 6 nitrogen and oxygen atoms in total. The lowest BCUT2D eigenvalue weighted by molar-refractivity contribution is 0.270. The first-order valence-electron chi connectivity index (χ1n) is 4.38. The van der Waals surface area contributed by atoms with Gasteiger partial charge in [-0.3, -0.25) is 4.57 Å². The zero-order valence-electron chi connectivity index (χ0n) is 8.89. The van der Waals surface area contributed by atoms with Crippen molar-refractivity contribution in [2.45, 2.75) is 6.61 Å². The first-order valence-corrected chi connectivity index (χ1v) is 5.64. The molecule has 90 valence electrons. The molecular formula is C9H13O6P. The molecule has 1 unspecified atom stereocenters. The number of hydrogen-bond acceptors (Lipinski definition) is 5. The van der Waals surface area contributed by atoms with Crippen LogP contribution in [0.25, 0.3) is 0 Å². The summed E-state index contributed by atoms with van der Waals surface area (Å²) >= 11 is 0. The SMILES string of the molecule is COc1cc(CO[PH](=O)O)cc(OC)c1O. The van der Waals surface area contributed by atoms with Crippen LogP contribution in [0.1, 0.15) is 5.56 Å². The molecule has 1 atom stereocenters. The van der Waals surface area contributed by atoms with Gasteiger partial charge in [0.2, 0.25) is 5.75 Å².